The molecule has 4 aromatic rings. The normalized spacial score (nSPS) is 15.7. The van der Waals surface area contributed by atoms with Gasteiger partial charge in [-0.15, -0.1) is 0 Å². The first-order valence-corrected chi connectivity index (χ1v) is 11.3. The summed E-state index contributed by atoms with van der Waals surface area (Å²) in [6, 6.07) is 13.9. The van der Waals surface area contributed by atoms with Crippen molar-refractivity contribution in [3.8, 4) is 11.5 Å². The minimum Gasteiger partial charge on any atom is -0.444 e. The first kappa shape index (κ1) is 21.7. The largest absolute Gasteiger partial charge is 0.449 e. The summed E-state index contributed by atoms with van der Waals surface area (Å²) in [6.07, 6.45) is 2.17. The molecule has 0 atom stereocenters. The van der Waals surface area contributed by atoms with Gasteiger partial charge in [-0.2, -0.15) is 13.2 Å². The van der Waals surface area contributed by atoms with E-state index in [0.29, 0.717) is 16.9 Å². The Hall–Kier alpha value is -3.13. The average molecular weight is 454 g/mol. The van der Waals surface area contributed by atoms with E-state index in [1.54, 1.807) is 30.5 Å². The monoisotopic (exact) mass is 454 g/mol. The van der Waals surface area contributed by atoms with Crippen LogP contribution < -0.4 is 0 Å². The molecule has 0 unspecified atom stereocenters. The number of likely N-dealkylation sites (tertiary alicyclic amines) is 1. The van der Waals surface area contributed by atoms with Crippen molar-refractivity contribution < 1.29 is 17.6 Å². The number of alkyl halides is 3. The van der Waals surface area contributed by atoms with Crippen LogP contribution in [0, 0.1) is 0 Å². The Labute approximate surface area is 189 Å². The van der Waals surface area contributed by atoms with Crippen molar-refractivity contribution in [2.75, 3.05) is 13.1 Å². The molecule has 1 aliphatic rings. The fraction of sp³-hybridized carbons (Fsp3) is 0.360. The Bertz CT molecular complexity index is 1220. The van der Waals surface area contributed by atoms with Crippen LogP contribution in [0.3, 0.4) is 0 Å². The van der Waals surface area contributed by atoms with Crippen molar-refractivity contribution in [1.29, 1.82) is 0 Å². The van der Waals surface area contributed by atoms with Gasteiger partial charge in [0.1, 0.15) is 6.26 Å². The van der Waals surface area contributed by atoms with Crippen LogP contribution in [-0.4, -0.2) is 32.5 Å². The van der Waals surface area contributed by atoms with Gasteiger partial charge in [-0.1, -0.05) is 37.1 Å². The zero-order chi connectivity index (χ0) is 22.8. The molecule has 0 aliphatic carbocycles. The lowest BCUT2D eigenvalue weighted by atomic mass is 10.1. The summed E-state index contributed by atoms with van der Waals surface area (Å²) in [5.41, 5.74) is 3.23. The number of rotatable bonds is 5. The van der Waals surface area contributed by atoms with Crippen molar-refractivity contribution in [2.24, 2.45) is 0 Å². The van der Waals surface area contributed by atoms with Crippen molar-refractivity contribution in [2.45, 2.75) is 44.9 Å². The number of hydrogen-bond acceptors (Lipinski definition) is 4. The van der Waals surface area contributed by atoms with Crippen molar-refractivity contribution in [3.63, 3.8) is 0 Å². The summed E-state index contributed by atoms with van der Waals surface area (Å²) < 4.78 is 47.6. The van der Waals surface area contributed by atoms with E-state index < -0.39 is 12.0 Å². The molecule has 8 heteroatoms. The van der Waals surface area contributed by atoms with Gasteiger partial charge in [0.05, 0.1) is 16.7 Å². The summed E-state index contributed by atoms with van der Waals surface area (Å²) >= 11 is 0. The summed E-state index contributed by atoms with van der Waals surface area (Å²) in [7, 11) is 0. The molecule has 2 aromatic carbocycles. The van der Waals surface area contributed by atoms with Crippen LogP contribution in [0.4, 0.5) is 13.2 Å². The smallest absolute Gasteiger partial charge is 0.444 e. The number of hydrogen-bond donors (Lipinski definition) is 0. The van der Waals surface area contributed by atoms with Crippen molar-refractivity contribution in [3.05, 3.63) is 71.9 Å². The minimum absolute atomic E-state index is 0.0709. The molecule has 2 aromatic heterocycles. The number of para-hydroxylation sites is 2. The Morgan fingerprint density at radius 1 is 0.848 bits per heavy atom. The third kappa shape index (κ3) is 4.80. The van der Waals surface area contributed by atoms with Gasteiger partial charge in [0, 0.05) is 18.7 Å². The van der Waals surface area contributed by atoms with Crippen LogP contribution in [0.5, 0.6) is 0 Å². The Balaban J connectivity index is 1.33. The molecular formula is C25H25F3N4O. The standard InChI is InChI=1S/C25H25F3N4O/c26-25(27,28)24-30-21-7-3-4-8-22(21)32(24)15-18-9-11-19(12-10-18)23-29-20(17-33-23)16-31-13-5-1-2-6-14-31/h3-4,7-12,17H,1-2,5-6,13-16H2. The second-order valence-corrected chi connectivity index (χ2v) is 8.54. The van der Waals surface area contributed by atoms with Crippen molar-refractivity contribution >= 4 is 11.0 Å². The Morgan fingerprint density at radius 3 is 2.30 bits per heavy atom. The molecule has 0 spiro atoms. The lowest BCUT2D eigenvalue weighted by Crippen LogP contribution is -2.24. The quantitative estimate of drug-likeness (QED) is 0.364. The molecule has 1 aliphatic heterocycles. The fourth-order valence-corrected chi connectivity index (χ4v) is 4.42. The van der Waals surface area contributed by atoms with E-state index in [9.17, 15) is 13.2 Å². The maximum Gasteiger partial charge on any atom is 0.449 e. The summed E-state index contributed by atoms with van der Waals surface area (Å²) in [5.74, 6) is -0.367. The van der Waals surface area contributed by atoms with Crippen molar-refractivity contribution in [1.82, 2.24) is 19.4 Å². The molecule has 33 heavy (non-hydrogen) atoms. The second-order valence-electron chi connectivity index (χ2n) is 8.54. The fourth-order valence-electron chi connectivity index (χ4n) is 4.42. The minimum atomic E-state index is -4.53. The van der Waals surface area contributed by atoms with Gasteiger partial charge in [-0.25, -0.2) is 9.97 Å². The highest BCUT2D eigenvalue weighted by Gasteiger charge is 2.37. The maximum absolute atomic E-state index is 13.6. The number of nitrogens with zero attached hydrogens (tertiary/aromatic N) is 4. The predicted molar refractivity (Wildman–Crippen MR) is 120 cm³/mol. The Morgan fingerprint density at radius 2 is 1.58 bits per heavy atom. The highest BCUT2D eigenvalue weighted by molar-refractivity contribution is 5.76. The number of halogens is 3. The number of imidazole rings is 1. The van der Waals surface area contributed by atoms with E-state index in [4.69, 9.17) is 4.42 Å². The number of benzene rings is 2. The molecule has 0 bridgehead atoms. The highest BCUT2D eigenvalue weighted by atomic mass is 19.4. The van der Waals surface area contributed by atoms with Crippen LogP contribution in [0.1, 0.15) is 42.8 Å². The van der Waals surface area contributed by atoms with Crippen LogP contribution in [0.25, 0.3) is 22.5 Å². The van der Waals surface area contributed by atoms with E-state index in [-0.39, 0.29) is 6.54 Å². The lowest BCUT2D eigenvalue weighted by Gasteiger charge is -2.17. The van der Waals surface area contributed by atoms with Gasteiger partial charge in [-0.05, 0) is 55.8 Å². The SMILES string of the molecule is FC(F)(F)c1nc2ccccc2n1Cc1ccc(-c2nc(CN3CCCCCC3)co2)cc1. The molecule has 3 heterocycles. The molecule has 0 N–H and O–H groups in total. The molecule has 5 nitrogen and oxygen atoms in total. The number of fused-ring (bicyclic) bond motifs is 1. The van der Waals surface area contributed by atoms with Gasteiger partial charge in [0.15, 0.2) is 0 Å². The topological polar surface area (TPSA) is 47.1 Å². The number of oxazole rings is 1. The van der Waals surface area contributed by atoms with Gasteiger partial charge in [0.2, 0.25) is 11.7 Å². The third-order valence-corrected chi connectivity index (χ3v) is 6.09. The van der Waals surface area contributed by atoms with E-state index >= 15 is 0 Å². The second kappa shape index (κ2) is 9.02. The molecule has 1 fully saturated rings. The maximum atomic E-state index is 13.6. The molecule has 5 rings (SSSR count). The first-order valence-electron chi connectivity index (χ1n) is 11.3. The lowest BCUT2D eigenvalue weighted by molar-refractivity contribution is -0.146. The zero-order valence-corrected chi connectivity index (χ0v) is 18.2. The van der Waals surface area contributed by atoms with Gasteiger partial charge in [-0.3, -0.25) is 4.90 Å². The van der Waals surface area contributed by atoms with Crippen LogP contribution in [-0.2, 0) is 19.3 Å². The summed E-state index contributed by atoms with van der Waals surface area (Å²) in [4.78, 5) is 10.8. The van der Waals surface area contributed by atoms with Gasteiger partial charge >= 0.3 is 6.18 Å². The molecule has 1 saturated heterocycles. The highest BCUT2D eigenvalue weighted by Crippen LogP contribution is 2.32. The van der Waals surface area contributed by atoms with E-state index in [1.807, 2.05) is 24.3 Å². The van der Waals surface area contributed by atoms with Gasteiger partial charge in [0.25, 0.3) is 0 Å². The third-order valence-electron chi connectivity index (χ3n) is 6.09. The van der Waals surface area contributed by atoms with Crippen LogP contribution in [0.15, 0.2) is 59.2 Å². The average Bonchev–Trinajstić information content (AvgIpc) is 3.32. The zero-order valence-electron chi connectivity index (χ0n) is 18.2. The molecule has 0 saturated carbocycles. The van der Waals surface area contributed by atoms with E-state index in [0.717, 1.165) is 36.5 Å². The molecule has 0 amide bonds. The summed E-state index contributed by atoms with van der Waals surface area (Å²) in [5, 5.41) is 0. The first-order chi connectivity index (χ1) is 16.0. The summed E-state index contributed by atoms with van der Waals surface area (Å²) in [6.45, 7) is 3.01. The molecule has 172 valence electrons. The van der Waals surface area contributed by atoms with E-state index in [2.05, 4.69) is 14.9 Å². The molecular weight excluding hydrogens is 429 g/mol. The van der Waals surface area contributed by atoms with Crippen LogP contribution >= 0.6 is 0 Å². The predicted octanol–water partition coefficient (Wildman–Crippen LogP) is 6.13. The molecule has 0 radical (unpaired) electrons. The van der Waals surface area contributed by atoms with Crippen LogP contribution in [0.2, 0.25) is 0 Å². The van der Waals surface area contributed by atoms with E-state index in [1.165, 1.54) is 30.3 Å². The number of aromatic nitrogens is 3. The Kier molecular flexibility index (Phi) is 5.93. The van der Waals surface area contributed by atoms with Gasteiger partial charge < -0.3 is 8.98 Å².